The van der Waals surface area contributed by atoms with E-state index in [2.05, 4.69) is 5.32 Å². The van der Waals surface area contributed by atoms with Crippen LogP contribution in [0.5, 0.6) is 5.75 Å². The van der Waals surface area contributed by atoms with E-state index in [-0.39, 0.29) is 24.2 Å². The smallest absolute Gasteiger partial charge is 0.261 e. The lowest BCUT2D eigenvalue weighted by atomic mass is 9.95. The van der Waals surface area contributed by atoms with Crippen molar-refractivity contribution in [3.8, 4) is 5.75 Å². The zero-order chi connectivity index (χ0) is 23.8. The first-order chi connectivity index (χ1) is 15.9. The van der Waals surface area contributed by atoms with Crippen LogP contribution < -0.4 is 10.1 Å². The number of nitrogens with zero attached hydrogens (tertiary/aromatic N) is 1. The summed E-state index contributed by atoms with van der Waals surface area (Å²) < 4.78 is 19.4. The average molecular weight is 495 g/mol. The van der Waals surface area contributed by atoms with Gasteiger partial charge in [0.2, 0.25) is 5.91 Å². The van der Waals surface area contributed by atoms with Crippen LogP contribution in [0.15, 0.2) is 42.5 Å². The van der Waals surface area contributed by atoms with Gasteiger partial charge in [0.05, 0.1) is 10.0 Å². The average Bonchev–Trinajstić information content (AvgIpc) is 2.81. The largest absolute Gasteiger partial charge is 0.481 e. The monoisotopic (exact) mass is 494 g/mol. The van der Waals surface area contributed by atoms with Crippen LogP contribution >= 0.6 is 23.2 Å². The normalized spacial score (nSPS) is 15.0. The molecule has 33 heavy (non-hydrogen) atoms. The number of carbonyl (C=O) groups is 2. The predicted molar refractivity (Wildman–Crippen MR) is 128 cm³/mol. The molecule has 1 N–H and O–H groups in total. The highest BCUT2D eigenvalue weighted by molar-refractivity contribution is 6.42. The van der Waals surface area contributed by atoms with Crippen molar-refractivity contribution < 1.29 is 18.7 Å². The summed E-state index contributed by atoms with van der Waals surface area (Å²) >= 11 is 12.2. The fourth-order valence-corrected chi connectivity index (χ4v) is 4.40. The minimum absolute atomic E-state index is 0.0138. The molecule has 1 saturated carbocycles. The molecular formula is C25H29Cl2FN2O3. The van der Waals surface area contributed by atoms with Gasteiger partial charge < -0.3 is 15.0 Å². The third-order valence-corrected chi connectivity index (χ3v) is 6.60. The van der Waals surface area contributed by atoms with E-state index < -0.39 is 24.4 Å². The first kappa shape index (κ1) is 25.3. The van der Waals surface area contributed by atoms with Crippen molar-refractivity contribution in [2.75, 3.05) is 6.61 Å². The van der Waals surface area contributed by atoms with Crippen LogP contribution in [0.2, 0.25) is 10.0 Å². The molecular weight excluding hydrogens is 466 g/mol. The molecule has 1 fully saturated rings. The molecule has 5 nitrogen and oxygen atoms in total. The molecule has 1 aliphatic carbocycles. The van der Waals surface area contributed by atoms with Gasteiger partial charge >= 0.3 is 0 Å². The lowest BCUT2D eigenvalue weighted by Crippen LogP contribution is -2.52. The molecule has 0 unspecified atom stereocenters. The molecule has 2 aromatic rings. The first-order valence-electron chi connectivity index (χ1n) is 11.3. The van der Waals surface area contributed by atoms with E-state index in [0.29, 0.717) is 16.5 Å². The summed E-state index contributed by atoms with van der Waals surface area (Å²) in [5.74, 6) is -1.18. The van der Waals surface area contributed by atoms with Crippen molar-refractivity contribution in [3.63, 3.8) is 0 Å². The molecule has 1 atom stereocenters. The summed E-state index contributed by atoms with van der Waals surface area (Å²) in [7, 11) is 0. The molecule has 2 amide bonds. The fourth-order valence-electron chi connectivity index (χ4n) is 4.08. The highest BCUT2D eigenvalue weighted by atomic mass is 35.5. The Kier molecular flexibility index (Phi) is 9.39. The molecule has 2 aromatic carbocycles. The maximum absolute atomic E-state index is 13.9. The van der Waals surface area contributed by atoms with E-state index in [9.17, 15) is 14.0 Å². The standard InChI is InChI=1S/C25H29Cl2FN2O3/c1-2-22(25(32)29-18-8-4-3-5-9-18)30(15-17-12-13-19(26)20(27)14-17)24(31)16-33-23-11-7-6-10-21(23)28/h6-7,10-14,18,22H,2-5,8-9,15-16H2,1H3,(H,29,32)/t22-/m1/s1. The third kappa shape index (κ3) is 7.08. The molecule has 1 aliphatic rings. The van der Waals surface area contributed by atoms with Gasteiger partial charge in [0.25, 0.3) is 5.91 Å². The van der Waals surface area contributed by atoms with Crippen LogP contribution in [0.4, 0.5) is 4.39 Å². The van der Waals surface area contributed by atoms with Crippen LogP contribution in [-0.2, 0) is 16.1 Å². The van der Waals surface area contributed by atoms with Gasteiger partial charge in [-0.3, -0.25) is 9.59 Å². The van der Waals surface area contributed by atoms with E-state index in [1.807, 2.05) is 6.92 Å². The Morgan fingerprint density at radius 1 is 1.12 bits per heavy atom. The molecule has 0 bridgehead atoms. The highest BCUT2D eigenvalue weighted by Gasteiger charge is 2.30. The Morgan fingerprint density at radius 2 is 1.85 bits per heavy atom. The van der Waals surface area contributed by atoms with Gasteiger partial charge in [0.15, 0.2) is 18.2 Å². The number of hydrogen-bond acceptors (Lipinski definition) is 3. The van der Waals surface area contributed by atoms with Crippen molar-refractivity contribution in [3.05, 3.63) is 63.9 Å². The third-order valence-electron chi connectivity index (χ3n) is 5.86. The molecule has 0 radical (unpaired) electrons. The van der Waals surface area contributed by atoms with Gasteiger partial charge in [-0.1, -0.05) is 67.6 Å². The van der Waals surface area contributed by atoms with Gasteiger partial charge in [-0.15, -0.1) is 0 Å². The number of hydrogen-bond donors (Lipinski definition) is 1. The van der Waals surface area contributed by atoms with Crippen molar-refractivity contribution >= 4 is 35.0 Å². The fraction of sp³-hybridized carbons (Fsp3) is 0.440. The van der Waals surface area contributed by atoms with E-state index in [1.165, 1.54) is 23.5 Å². The second-order valence-electron chi connectivity index (χ2n) is 8.26. The minimum atomic E-state index is -0.696. The number of halogens is 3. The first-order valence-corrected chi connectivity index (χ1v) is 12.1. The van der Waals surface area contributed by atoms with Crippen molar-refractivity contribution in [1.29, 1.82) is 0 Å². The summed E-state index contributed by atoms with van der Waals surface area (Å²) in [4.78, 5) is 27.9. The maximum Gasteiger partial charge on any atom is 0.261 e. The van der Waals surface area contributed by atoms with E-state index in [1.54, 1.807) is 30.3 Å². The molecule has 0 aromatic heterocycles. The molecule has 0 spiro atoms. The lowest BCUT2D eigenvalue weighted by Gasteiger charge is -2.32. The molecule has 3 rings (SSSR count). The Labute approximate surface area is 204 Å². The van der Waals surface area contributed by atoms with Crippen molar-refractivity contribution in [2.45, 2.75) is 64.1 Å². The zero-order valence-corrected chi connectivity index (χ0v) is 20.2. The highest BCUT2D eigenvalue weighted by Crippen LogP contribution is 2.25. The molecule has 0 heterocycles. The number of para-hydroxylation sites is 1. The number of amides is 2. The SMILES string of the molecule is CC[C@H](C(=O)NC1CCCCC1)N(Cc1ccc(Cl)c(Cl)c1)C(=O)COc1ccccc1F. The van der Waals surface area contributed by atoms with Crippen LogP contribution in [0, 0.1) is 5.82 Å². The number of nitrogens with one attached hydrogen (secondary N) is 1. The second-order valence-corrected chi connectivity index (χ2v) is 9.07. The summed E-state index contributed by atoms with van der Waals surface area (Å²) in [6, 6.07) is 10.4. The van der Waals surface area contributed by atoms with Gasteiger partial charge in [-0.25, -0.2) is 4.39 Å². The quantitative estimate of drug-likeness (QED) is 0.481. The maximum atomic E-state index is 13.9. The van der Waals surface area contributed by atoms with Crippen molar-refractivity contribution in [2.24, 2.45) is 0 Å². The molecule has 0 saturated heterocycles. The van der Waals surface area contributed by atoms with Crippen molar-refractivity contribution in [1.82, 2.24) is 10.2 Å². The minimum Gasteiger partial charge on any atom is -0.481 e. The Balaban J connectivity index is 1.78. The number of carbonyl (C=O) groups excluding carboxylic acids is 2. The summed E-state index contributed by atoms with van der Waals surface area (Å²) in [5.41, 5.74) is 0.729. The summed E-state index contributed by atoms with van der Waals surface area (Å²) in [6.07, 6.45) is 5.66. The topological polar surface area (TPSA) is 58.6 Å². The van der Waals surface area contributed by atoms with Crippen LogP contribution in [-0.4, -0.2) is 35.4 Å². The Hall–Kier alpha value is -2.31. The number of rotatable bonds is 9. The predicted octanol–water partition coefficient (Wildman–Crippen LogP) is 5.77. The number of benzene rings is 2. The van der Waals surface area contributed by atoms with E-state index in [4.69, 9.17) is 27.9 Å². The number of ether oxygens (including phenoxy) is 1. The Morgan fingerprint density at radius 3 is 2.52 bits per heavy atom. The van der Waals surface area contributed by atoms with Gasteiger partial charge in [-0.2, -0.15) is 0 Å². The van der Waals surface area contributed by atoms with Crippen LogP contribution in [0.25, 0.3) is 0 Å². The molecule has 178 valence electrons. The lowest BCUT2D eigenvalue weighted by molar-refractivity contribution is -0.143. The van der Waals surface area contributed by atoms with Gasteiger partial charge in [-0.05, 0) is 49.1 Å². The van der Waals surface area contributed by atoms with Crippen LogP contribution in [0.1, 0.15) is 51.0 Å². The second kappa shape index (κ2) is 12.2. The zero-order valence-electron chi connectivity index (χ0n) is 18.7. The van der Waals surface area contributed by atoms with Gasteiger partial charge in [0.1, 0.15) is 6.04 Å². The molecule has 8 heteroatoms. The van der Waals surface area contributed by atoms with E-state index in [0.717, 1.165) is 31.2 Å². The Bertz CT molecular complexity index is 966. The van der Waals surface area contributed by atoms with Crippen LogP contribution in [0.3, 0.4) is 0 Å². The summed E-state index contributed by atoms with van der Waals surface area (Å²) in [6.45, 7) is 1.61. The summed E-state index contributed by atoms with van der Waals surface area (Å²) in [5, 5.41) is 3.88. The molecule has 0 aliphatic heterocycles. The van der Waals surface area contributed by atoms with E-state index >= 15 is 0 Å². The van der Waals surface area contributed by atoms with Gasteiger partial charge in [0, 0.05) is 12.6 Å².